The molecule has 0 bridgehead atoms. The first-order valence-electron chi connectivity index (χ1n) is 10.4. The average Bonchev–Trinajstić information content (AvgIpc) is 3.40. The van der Waals surface area contributed by atoms with Crippen molar-refractivity contribution in [3.63, 3.8) is 0 Å². The Morgan fingerprint density at radius 3 is 2.87 bits per heavy atom. The van der Waals surface area contributed by atoms with Gasteiger partial charge in [0.15, 0.2) is 0 Å². The number of aromatic nitrogens is 3. The Morgan fingerprint density at radius 2 is 2.17 bits per heavy atom. The van der Waals surface area contributed by atoms with Gasteiger partial charge in [0.2, 0.25) is 0 Å². The number of likely N-dealkylation sites (tertiary alicyclic amines) is 1. The minimum Gasteiger partial charge on any atom is -0.380 e. The number of benzene rings is 1. The van der Waals surface area contributed by atoms with Gasteiger partial charge in [-0.25, -0.2) is 9.97 Å². The first kappa shape index (κ1) is 20.3. The summed E-state index contributed by atoms with van der Waals surface area (Å²) in [6.45, 7) is 3.83. The van der Waals surface area contributed by atoms with Gasteiger partial charge in [0.05, 0.1) is 30.2 Å². The molecule has 0 N–H and O–H groups in total. The number of pyridine rings is 1. The van der Waals surface area contributed by atoms with Crippen molar-refractivity contribution in [3.05, 3.63) is 47.9 Å². The highest BCUT2D eigenvalue weighted by atomic mass is 16.5. The van der Waals surface area contributed by atoms with Crippen molar-refractivity contribution in [2.24, 2.45) is 7.05 Å². The Balaban J connectivity index is 1.64. The fourth-order valence-electron chi connectivity index (χ4n) is 4.26. The molecular formula is C23H28N6O. The third-order valence-electron chi connectivity index (χ3n) is 6.10. The monoisotopic (exact) mass is 404 g/mol. The van der Waals surface area contributed by atoms with Crippen molar-refractivity contribution >= 4 is 22.5 Å². The zero-order valence-corrected chi connectivity index (χ0v) is 18.0. The topological polar surface area (TPSA) is 70.2 Å². The maximum atomic E-state index is 9.86. The number of hydrogen-bond donors (Lipinski definition) is 0. The molecule has 3 heterocycles. The summed E-state index contributed by atoms with van der Waals surface area (Å²) >= 11 is 0. The van der Waals surface area contributed by atoms with Crippen LogP contribution in [0.5, 0.6) is 0 Å². The molecule has 3 aromatic rings. The molecule has 2 unspecified atom stereocenters. The number of rotatable bonds is 6. The number of fused-ring (bicyclic) bond motifs is 1. The number of nitriles is 1. The van der Waals surface area contributed by atoms with Gasteiger partial charge in [-0.2, -0.15) is 5.26 Å². The van der Waals surface area contributed by atoms with Crippen LogP contribution < -0.4 is 4.90 Å². The molecule has 0 amide bonds. The van der Waals surface area contributed by atoms with Crippen LogP contribution in [0.2, 0.25) is 0 Å². The average molecular weight is 405 g/mol. The van der Waals surface area contributed by atoms with Crippen LogP contribution in [-0.4, -0.2) is 52.8 Å². The van der Waals surface area contributed by atoms with Gasteiger partial charge in [-0.05, 0) is 30.0 Å². The number of ether oxygens (including phenoxy) is 1. The van der Waals surface area contributed by atoms with Crippen molar-refractivity contribution in [1.82, 2.24) is 19.4 Å². The van der Waals surface area contributed by atoms with E-state index in [0.717, 1.165) is 54.0 Å². The largest absolute Gasteiger partial charge is 0.380 e. The number of aryl methyl sites for hydroxylation is 2. The predicted octanol–water partition coefficient (Wildman–Crippen LogP) is 3.58. The van der Waals surface area contributed by atoms with Crippen LogP contribution >= 0.6 is 0 Å². The molecule has 0 radical (unpaired) electrons. The van der Waals surface area contributed by atoms with Crippen LogP contribution in [0.25, 0.3) is 11.0 Å². The quantitative estimate of drug-likeness (QED) is 0.625. The van der Waals surface area contributed by atoms with Gasteiger partial charge >= 0.3 is 0 Å². The van der Waals surface area contributed by atoms with Crippen molar-refractivity contribution in [3.8, 4) is 6.07 Å². The van der Waals surface area contributed by atoms with Crippen molar-refractivity contribution in [2.75, 3.05) is 32.1 Å². The minimum absolute atomic E-state index is 0.213. The molecule has 4 rings (SSSR count). The lowest BCUT2D eigenvalue weighted by Gasteiger charge is -2.25. The molecule has 1 aliphatic rings. The Kier molecular flexibility index (Phi) is 5.71. The van der Waals surface area contributed by atoms with Gasteiger partial charge in [-0.15, -0.1) is 0 Å². The van der Waals surface area contributed by atoms with E-state index in [4.69, 9.17) is 4.74 Å². The minimum atomic E-state index is -0.251. The SMILES string of the molecule is CCc1cc(C(C#N)N2CCC(OC)C2)ccc1N(C)c1cc2c(cn1)ncn2C. The van der Waals surface area contributed by atoms with Gasteiger partial charge in [-0.3, -0.25) is 4.90 Å². The lowest BCUT2D eigenvalue weighted by atomic mass is 10.00. The zero-order chi connectivity index (χ0) is 21.3. The maximum absolute atomic E-state index is 9.86. The van der Waals surface area contributed by atoms with E-state index in [9.17, 15) is 5.26 Å². The number of nitrogens with zero attached hydrogens (tertiary/aromatic N) is 6. The normalized spacial score (nSPS) is 17.9. The highest BCUT2D eigenvalue weighted by Gasteiger charge is 2.29. The Morgan fingerprint density at radius 1 is 1.33 bits per heavy atom. The summed E-state index contributed by atoms with van der Waals surface area (Å²) in [6, 6.07) is 10.7. The fraction of sp³-hybridized carbons (Fsp3) is 0.435. The predicted molar refractivity (Wildman–Crippen MR) is 118 cm³/mol. The molecule has 7 nitrogen and oxygen atoms in total. The molecule has 2 atom stereocenters. The van der Waals surface area contributed by atoms with E-state index < -0.39 is 0 Å². The van der Waals surface area contributed by atoms with Crippen LogP contribution in [0, 0.1) is 11.3 Å². The zero-order valence-electron chi connectivity index (χ0n) is 18.0. The molecule has 0 aliphatic carbocycles. The van der Waals surface area contributed by atoms with Gasteiger partial charge in [0.1, 0.15) is 17.4 Å². The molecule has 0 saturated carbocycles. The summed E-state index contributed by atoms with van der Waals surface area (Å²) in [5, 5.41) is 9.86. The molecule has 30 heavy (non-hydrogen) atoms. The van der Waals surface area contributed by atoms with Crippen LogP contribution in [0.4, 0.5) is 11.5 Å². The number of methoxy groups -OCH3 is 1. The molecule has 2 aromatic heterocycles. The Labute approximate surface area is 177 Å². The van der Waals surface area contributed by atoms with Crippen LogP contribution in [0.1, 0.15) is 30.5 Å². The van der Waals surface area contributed by atoms with Crippen molar-refractivity contribution in [2.45, 2.75) is 31.9 Å². The second-order valence-electron chi connectivity index (χ2n) is 7.86. The second-order valence-corrected chi connectivity index (χ2v) is 7.86. The highest BCUT2D eigenvalue weighted by Crippen LogP contribution is 2.32. The van der Waals surface area contributed by atoms with Crippen LogP contribution in [0.3, 0.4) is 0 Å². The summed E-state index contributed by atoms with van der Waals surface area (Å²) in [4.78, 5) is 13.3. The van der Waals surface area contributed by atoms with E-state index in [2.05, 4.69) is 57.0 Å². The second kappa shape index (κ2) is 8.42. The maximum Gasteiger partial charge on any atom is 0.134 e. The van der Waals surface area contributed by atoms with E-state index in [1.54, 1.807) is 13.4 Å². The number of anilines is 2. The smallest absolute Gasteiger partial charge is 0.134 e. The summed E-state index contributed by atoms with van der Waals surface area (Å²) in [6.07, 6.45) is 5.67. The van der Waals surface area contributed by atoms with Crippen molar-refractivity contribution < 1.29 is 4.74 Å². The summed E-state index contributed by atoms with van der Waals surface area (Å²) in [5.74, 6) is 0.868. The summed E-state index contributed by atoms with van der Waals surface area (Å²) in [5.41, 5.74) is 5.27. The molecule has 1 aromatic carbocycles. The van der Waals surface area contributed by atoms with Crippen molar-refractivity contribution in [1.29, 1.82) is 5.26 Å². The molecule has 0 spiro atoms. The third-order valence-corrected chi connectivity index (χ3v) is 6.10. The van der Waals surface area contributed by atoms with E-state index in [0.29, 0.717) is 0 Å². The van der Waals surface area contributed by atoms with Gasteiger partial charge < -0.3 is 14.2 Å². The molecule has 1 aliphatic heterocycles. The van der Waals surface area contributed by atoms with Gasteiger partial charge in [0, 0.05) is 46.0 Å². The molecule has 1 saturated heterocycles. The van der Waals surface area contributed by atoms with E-state index in [1.165, 1.54) is 5.56 Å². The number of imidazole rings is 1. The first-order chi connectivity index (χ1) is 14.5. The van der Waals surface area contributed by atoms with E-state index in [-0.39, 0.29) is 12.1 Å². The van der Waals surface area contributed by atoms with Crippen LogP contribution in [-0.2, 0) is 18.2 Å². The number of hydrogen-bond acceptors (Lipinski definition) is 6. The van der Waals surface area contributed by atoms with E-state index >= 15 is 0 Å². The highest BCUT2D eigenvalue weighted by molar-refractivity contribution is 5.79. The molecule has 7 heteroatoms. The van der Waals surface area contributed by atoms with Gasteiger partial charge in [-0.1, -0.05) is 19.1 Å². The summed E-state index contributed by atoms with van der Waals surface area (Å²) in [7, 11) is 5.76. The first-order valence-corrected chi connectivity index (χ1v) is 10.4. The molecule has 1 fully saturated rings. The Hall–Kier alpha value is -2.95. The van der Waals surface area contributed by atoms with Crippen LogP contribution in [0.15, 0.2) is 36.8 Å². The fourth-order valence-corrected chi connectivity index (χ4v) is 4.26. The van der Waals surface area contributed by atoms with Gasteiger partial charge in [0.25, 0.3) is 0 Å². The molecule has 156 valence electrons. The lowest BCUT2D eigenvalue weighted by molar-refractivity contribution is 0.105. The summed E-state index contributed by atoms with van der Waals surface area (Å²) < 4.78 is 7.48. The standard InChI is InChI=1S/C23H28N6O/c1-5-16-10-17(22(12-24)29-9-8-18(14-29)30-4)6-7-20(16)28(3)23-11-21-19(13-25-23)26-15-27(21)2/h6-7,10-11,13,15,18,22H,5,8-9,14H2,1-4H3. The Bertz CT molecular complexity index is 1080. The third kappa shape index (κ3) is 3.64. The van der Waals surface area contributed by atoms with E-state index in [1.807, 2.05) is 24.9 Å². The molecular weight excluding hydrogens is 376 g/mol. The lowest BCUT2D eigenvalue weighted by Crippen LogP contribution is -2.27.